The maximum absolute atomic E-state index is 12.2. The summed E-state index contributed by atoms with van der Waals surface area (Å²) in [5, 5.41) is 6.09. The maximum Gasteiger partial charge on any atom is 0.243 e. The highest BCUT2D eigenvalue weighted by molar-refractivity contribution is 5.95. The lowest BCUT2D eigenvalue weighted by atomic mass is 10.1. The molecule has 134 valence electrons. The predicted octanol–water partition coefficient (Wildman–Crippen LogP) is 2.92. The number of halogens is 1. The zero-order valence-corrected chi connectivity index (χ0v) is 15.0. The largest absolute Gasteiger partial charge is 0.489 e. The molecule has 1 heterocycles. The summed E-state index contributed by atoms with van der Waals surface area (Å²) in [4.78, 5) is 12.2. The Morgan fingerprint density at radius 2 is 2.08 bits per heavy atom. The second-order valence-corrected chi connectivity index (χ2v) is 5.82. The Balaban J connectivity index is 0.00000225. The van der Waals surface area contributed by atoms with Gasteiger partial charge in [-0.05, 0) is 36.2 Å². The summed E-state index contributed by atoms with van der Waals surface area (Å²) in [6, 6.07) is 15.4. The molecule has 1 unspecified atom stereocenters. The SMILES string of the molecule is Cc1cc(OCc2ccccc2)ccc1NC(=O)C1COCCN1.Cl. The molecule has 1 aliphatic rings. The van der Waals surface area contributed by atoms with Gasteiger partial charge in [0.15, 0.2) is 0 Å². The monoisotopic (exact) mass is 362 g/mol. The van der Waals surface area contributed by atoms with E-state index in [1.54, 1.807) is 0 Å². The maximum atomic E-state index is 12.2. The number of nitrogens with one attached hydrogen (secondary N) is 2. The Hall–Kier alpha value is -2.08. The van der Waals surface area contributed by atoms with Crippen LogP contribution in [0.15, 0.2) is 48.5 Å². The standard InChI is InChI=1S/C19H22N2O3.ClH/c1-14-11-16(24-12-15-5-3-2-4-6-15)7-8-17(14)21-19(22)18-13-23-10-9-20-18;/h2-8,11,18,20H,9-10,12-13H2,1H3,(H,21,22);1H. The van der Waals surface area contributed by atoms with E-state index in [4.69, 9.17) is 9.47 Å². The number of morpholine rings is 1. The molecule has 0 aliphatic carbocycles. The zero-order valence-electron chi connectivity index (χ0n) is 14.2. The molecule has 1 aliphatic heterocycles. The molecular formula is C19H23ClN2O3. The quantitative estimate of drug-likeness (QED) is 0.858. The van der Waals surface area contributed by atoms with Gasteiger partial charge in [-0.1, -0.05) is 30.3 Å². The van der Waals surface area contributed by atoms with Crippen LogP contribution in [0.3, 0.4) is 0 Å². The van der Waals surface area contributed by atoms with Gasteiger partial charge in [-0.2, -0.15) is 0 Å². The summed E-state index contributed by atoms with van der Waals surface area (Å²) in [7, 11) is 0. The minimum absolute atomic E-state index is 0. The molecule has 1 saturated heterocycles. The molecule has 6 heteroatoms. The molecule has 1 atom stereocenters. The Labute approximate surface area is 154 Å². The summed E-state index contributed by atoms with van der Waals surface area (Å²) < 4.78 is 11.1. The fraction of sp³-hybridized carbons (Fsp3) is 0.316. The number of ether oxygens (including phenoxy) is 2. The van der Waals surface area contributed by atoms with Crippen LogP contribution in [0.4, 0.5) is 5.69 Å². The normalized spacial score (nSPS) is 16.6. The van der Waals surface area contributed by atoms with Gasteiger partial charge in [0.2, 0.25) is 5.91 Å². The van der Waals surface area contributed by atoms with Gasteiger partial charge in [0.25, 0.3) is 0 Å². The molecule has 1 fully saturated rings. The smallest absolute Gasteiger partial charge is 0.243 e. The Bertz CT molecular complexity index is 688. The molecule has 2 aromatic rings. The first-order chi connectivity index (χ1) is 11.7. The fourth-order valence-electron chi connectivity index (χ4n) is 2.56. The molecule has 3 rings (SSSR count). The molecule has 25 heavy (non-hydrogen) atoms. The first kappa shape index (κ1) is 19.2. The number of aryl methyl sites for hydroxylation is 1. The van der Waals surface area contributed by atoms with Crippen molar-refractivity contribution < 1.29 is 14.3 Å². The van der Waals surface area contributed by atoms with Crippen molar-refractivity contribution in [1.29, 1.82) is 0 Å². The molecule has 0 aromatic heterocycles. The van der Waals surface area contributed by atoms with Gasteiger partial charge in [0.05, 0.1) is 13.2 Å². The van der Waals surface area contributed by atoms with Crippen molar-refractivity contribution in [2.45, 2.75) is 19.6 Å². The summed E-state index contributed by atoms with van der Waals surface area (Å²) in [6.07, 6.45) is 0. The summed E-state index contributed by atoms with van der Waals surface area (Å²) in [5.74, 6) is 0.712. The minimum atomic E-state index is -0.299. The number of rotatable bonds is 5. The number of hydrogen-bond donors (Lipinski definition) is 2. The number of carbonyl (C=O) groups is 1. The number of amides is 1. The highest BCUT2D eigenvalue weighted by Gasteiger charge is 2.21. The van der Waals surface area contributed by atoms with Gasteiger partial charge in [0, 0.05) is 12.2 Å². The van der Waals surface area contributed by atoms with Crippen LogP contribution in [-0.4, -0.2) is 31.7 Å². The zero-order chi connectivity index (χ0) is 16.8. The highest BCUT2D eigenvalue weighted by Crippen LogP contribution is 2.22. The molecule has 0 radical (unpaired) electrons. The molecule has 2 N–H and O–H groups in total. The molecule has 0 saturated carbocycles. The lowest BCUT2D eigenvalue weighted by Gasteiger charge is -2.23. The van der Waals surface area contributed by atoms with Crippen LogP contribution in [0.2, 0.25) is 0 Å². The second-order valence-electron chi connectivity index (χ2n) is 5.82. The lowest BCUT2D eigenvalue weighted by molar-refractivity contribution is -0.120. The van der Waals surface area contributed by atoms with Gasteiger partial charge in [0.1, 0.15) is 18.4 Å². The molecular weight excluding hydrogens is 340 g/mol. The van der Waals surface area contributed by atoms with E-state index in [0.29, 0.717) is 26.4 Å². The first-order valence-electron chi connectivity index (χ1n) is 8.12. The van der Waals surface area contributed by atoms with Crippen LogP contribution in [0.1, 0.15) is 11.1 Å². The van der Waals surface area contributed by atoms with Gasteiger partial charge < -0.3 is 20.1 Å². The number of hydrogen-bond acceptors (Lipinski definition) is 4. The van der Waals surface area contributed by atoms with E-state index in [1.807, 2.05) is 55.5 Å². The number of anilines is 1. The summed E-state index contributed by atoms with van der Waals surface area (Å²) >= 11 is 0. The van der Waals surface area contributed by atoms with Gasteiger partial charge in [-0.15, -0.1) is 12.4 Å². The van der Waals surface area contributed by atoms with E-state index in [1.165, 1.54) is 0 Å². The molecule has 2 aromatic carbocycles. The third kappa shape index (κ3) is 5.46. The number of carbonyl (C=O) groups excluding carboxylic acids is 1. The third-order valence-corrected chi connectivity index (χ3v) is 3.94. The first-order valence-corrected chi connectivity index (χ1v) is 8.12. The average molecular weight is 363 g/mol. The van der Waals surface area contributed by atoms with E-state index >= 15 is 0 Å². The highest BCUT2D eigenvalue weighted by atomic mass is 35.5. The van der Waals surface area contributed by atoms with Crippen LogP contribution in [0, 0.1) is 6.92 Å². The summed E-state index contributed by atoms with van der Waals surface area (Å²) in [5.41, 5.74) is 2.88. The van der Waals surface area contributed by atoms with Crippen molar-refractivity contribution >= 4 is 24.0 Å². The van der Waals surface area contributed by atoms with Crippen molar-refractivity contribution in [1.82, 2.24) is 5.32 Å². The van der Waals surface area contributed by atoms with Crippen molar-refractivity contribution in [2.24, 2.45) is 0 Å². The van der Waals surface area contributed by atoms with Crippen LogP contribution in [0.5, 0.6) is 5.75 Å². The molecule has 5 nitrogen and oxygen atoms in total. The van der Waals surface area contributed by atoms with Crippen molar-refractivity contribution in [2.75, 3.05) is 25.1 Å². The third-order valence-electron chi connectivity index (χ3n) is 3.94. The summed E-state index contributed by atoms with van der Waals surface area (Å²) in [6.45, 7) is 4.23. The van der Waals surface area contributed by atoms with Crippen molar-refractivity contribution in [3.05, 3.63) is 59.7 Å². The Morgan fingerprint density at radius 1 is 1.28 bits per heavy atom. The van der Waals surface area contributed by atoms with Gasteiger partial charge >= 0.3 is 0 Å². The van der Waals surface area contributed by atoms with Crippen LogP contribution < -0.4 is 15.4 Å². The second kappa shape index (κ2) is 9.42. The lowest BCUT2D eigenvalue weighted by Crippen LogP contribution is -2.48. The van der Waals surface area contributed by atoms with Crippen molar-refractivity contribution in [3.63, 3.8) is 0 Å². The van der Waals surface area contributed by atoms with E-state index in [-0.39, 0.29) is 24.4 Å². The fourth-order valence-corrected chi connectivity index (χ4v) is 2.56. The number of benzene rings is 2. The minimum Gasteiger partial charge on any atom is -0.489 e. The molecule has 0 bridgehead atoms. The van der Waals surface area contributed by atoms with E-state index in [0.717, 1.165) is 22.6 Å². The molecule has 1 amide bonds. The van der Waals surface area contributed by atoms with Gasteiger partial charge in [-0.25, -0.2) is 0 Å². The average Bonchev–Trinajstić information content (AvgIpc) is 2.63. The topological polar surface area (TPSA) is 59.6 Å². The van der Waals surface area contributed by atoms with E-state index in [2.05, 4.69) is 10.6 Å². The van der Waals surface area contributed by atoms with Crippen LogP contribution in [0.25, 0.3) is 0 Å². The van der Waals surface area contributed by atoms with E-state index in [9.17, 15) is 4.79 Å². The van der Waals surface area contributed by atoms with Gasteiger partial charge in [-0.3, -0.25) is 4.79 Å². The Kier molecular flexibility index (Phi) is 7.25. The van der Waals surface area contributed by atoms with Crippen LogP contribution >= 0.6 is 12.4 Å². The molecule has 0 spiro atoms. The Morgan fingerprint density at radius 3 is 2.76 bits per heavy atom. The van der Waals surface area contributed by atoms with Crippen molar-refractivity contribution in [3.8, 4) is 5.75 Å². The van der Waals surface area contributed by atoms with Crippen LogP contribution in [-0.2, 0) is 16.1 Å². The van der Waals surface area contributed by atoms with E-state index < -0.39 is 0 Å². The predicted molar refractivity (Wildman–Crippen MR) is 100 cm³/mol.